The molecule has 0 unspecified atom stereocenters. The van der Waals surface area contributed by atoms with Gasteiger partial charge in [-0.05, 0) is 26.2 Å². The summed E-state index contributed by atoms with van der Waals surface area (Å²) in [5.74, 6) is 0.0621. The molecule has 0 aromatic rings. The maximum atomic E-state index is 11.7. The van der Waals surface area contributed by atoms with Gasteiger partial charge in [-0.25, -0.2) is 0 Å². The van der Waals surface area contributed by atoms with Crippen LogP contribution in [0.2, 0.25) is 0 Å². The summed E-state index contributed by atoms with van der Waals surface area (Å²) in [6.07, 6.45) is 3.43. The smallest absolute Gasteiger partial charge is 0.245 e. The fourth-order valence-electron chi connectivity index (χ4n) is 1.66. The van der Waals surface area contributed by atoms with E-state index in [9.17, 15) is 9.59 Å². The Balaban J connectivity index is 2.61. The van der Waals surface area contributed by atoms with Crippen molar-refractivity contribution in [3.8, 4) is 0 Å². The molecule has 1 heterocycles. The molecule has 1 N–H and O–H groups in total. The van der Waals surface area contributed by atoms with Crippen LogP contribution in [-0.2, 0) is 9.59 Å². The van der Waals surface area contributed by atoms with Gasteiger partial charge in [-0.15, -0.1) is 0 Å². The third-order valence-corrected chi connectivity index (χ3v) is 2.43. The Labute approximate surface area is 78.3 Å². The number of likely N-dealkylation sites (N-methyl/N-ethyl adjacent to an activating group) is 1. The molecule has 0 saturated carbocycles. The minimum atomic E-state index is -0.292. The Bertz CT molecular complexity index is 194. The lowest BCUT2D eigenvalue weighted by Gasteiger charge is -2.21. The van der Waals surface area contributed by atoms with E-state index >= 15 is 0 Å². The van der Waals surface area contributed by atoms with Crippen LogP contribution >= 0.6 is 0 Å². The molecule has 1 rings (SSSR count). The van der Waals surface area contributed by atoms with Crippen molar-refractivity contribution in [2.45, 2.75) is 32.2 Å². The van der Waals surface area contributed by atoms with E-state index in [0.29, 0.717) is 6.41 Å². The largest absolute Gasteiger partial charge is 0.347 e. The molecule has 0 aliphatic carbocycles. The van der Waals surface area contributed by atoms with Crippen LogP contribution in [-0.4, -0.2) is 36.3 Å². The summed E-state index contributed by atoms with van der Waals surface area (Å²) < 4.78 is 0. The number of hydrogen-bond acceptors (Lipinski definition) is 2. The fraction of sp³-hybridized carbons (Fsp3) is 0.778. The van der Waals surface area contributed by atoms with Crippen LogP contribution in [0.1, 0.15) is 26.2 Å². The van der Waals surface area contributed by atoms with Gasteiger partial charge in [0, 0.05) is 13.1 Å². The van der Waals surface area contributed by atoms with Crippen molar-refractivity contribution in [1.29, 1.82) is 0 Å². The molecule has 0 spiro atoms. The van der Waals surface area contributed by atoms with Crippen molar-refractivity contribution in [1.82, 2.24) is 10.2 Å². The molecule has 13 heavy (non-hydrogen) atoms. The minimum Gasteiger partial charge on any atom is -0.347 e. The van der Waals surface area contributed by atoms with E-state index in [4.69, 9.17) is 0 Å². The minimum absolute atomic E-state index is 0.0621. The van der Waals surface area contributed by atoms with E-state index in [1.165, 1.54) is 0 Å². The predicted octanol–water partition coefficient (Wildman–Crippen LogP) is 0.133. The number of nitrogens with zero attached hydrogens (tertiary/aromatic N) is 1. The highest BCUT2D eigenvalue weighted by molar-refractivity contribution is 5.83. The normalized spacial score (nSPS) is 23.9. The van der Waals surface area contributed by atoms with Gasteiger partial charge in [0.2, 0.25) is 12.3 Å². The molecule has 1 fully saturated rings. The molecule has 1 aliphatic rings. The molecule has 1 saturated heterocycles. The fourth-order valence-corrected chi connectivity index (χ4v) is 1.66. The third-order valence-electron chi connectivity index (χ3n) is 2.43. The molecule has 2 amide bonds. The van der Waals surface area contributed by atoms with E-state index in [0.717, 1.165) is 32.4 Å². The summed E-state index contributed by atoms with van der Waals surface area (Å²) in [5, 5.41) is 2.57. The Kier molecular flexibility index (Phi) is 3.73. The lowest BCUT2D eigenvalue weighted by molar-refractivity contribution is -0.134. The molecule has 4 heteroatoms. The lowest BCUT2D eigenvalue weighted by Crippen LogP contribution is -2.44. The molecule has 0 bridgehead atoms. The van der Waals surface area contributed by atoms with Crippen molar-refractivity contribution in [3.05, 3.63) is 0 Å². The van der Waals surface area contributed by atoms with E-state index in [2.05, 4.69) is 5.32 Å². The maximum absolute atomic E-state index is 11.7. The number of likely N-dealkylation sites (tertiary alicyclic amines) is 1. The molecule has 74 valence electrons. The Morgan fingerprint density at radius 2 is 2.38 bits per heavy atom. The molecule has 1 aliphatic heterocycles. The summed E-state index contributed by atoms with van der Waals surface area (Å²) in [6.45, 7) is 3.52. The first-order chi connectivity index (χ1) is 6.29. The number of carbonyl (C=O) groups excluding carboxylic acids is 2. The van der Waals surface area contributed by atoms with Gasteiger partial charge in [0.15, 0.2) is 0 Å². The SMILES string of the molecule is CCN1CCCC[C@H](NC=O)C1=O. The van der Waals surface area contributed by atoms with Crippen molar-refractivity contribution in [2.24, 2.45) is 0 Å². The Morgan fingerprint density at radius 1 is 1.62 bits per heavy atom. The Hall–Kier alpha value is -1.06. The van der Waals surface area contributed by atoms with Gasteiger partial charge in [0.25, 0.3) is 0 Å². The molecular formula is C9H16N2O2. The maximum Gasteiger partial charge on any atom is 0.245 e. The highest BCUT2D eigenvalue weighted by atomic mass is 16.2. The third kappa shape index (κ3) is 2.44. The monoisotopic (exact) mass is 184 g/mol. The molecular weight excluding hydrogens is 168 g/mol. The van der Waals surface area contributed by atoms with Gasteiger partial charge in [-0.2, -0.15) is 0 Å². The van der Waals surface area contributed by atoms with Gasteiger partial charge in [0.1, 0.15) is 6.04 Å². The topological polar surface area (TPSA) is 49.4 Å². The predicted molar refractivity (Wildman–Crippen MR) is 49.1 cm³/mol. The first-order valence-corrected chi connectivity index (χ1v) is 4.78. The second-order valence-electron chi connectivity index (χ2n) is 3.25. The average Bonchev–Trinajstić information content (AvgIpc) is 2.30. The standard InChI is InChI=1S/C9H16N2O2/c1-2-11-6-4-3-5-8(9(11)13)10-7-12/h7-8H,2-6H2,1H3,(H,10,12)/t8-/m0/s1. The van der Waals surface area contributed by atoms with Crippen LogP contribution in [0.5, 0.6) is 0 Å². The molecule has 4 nitrogen and oxygen atoms in total. The van der Waals surface area contributed by atoms with Crippen LogP contribution in [0, 0.1) is 0 Å². The highest BCUT2D eigenvalue weighted by Gasteiger charge is 2.24. The van der Waals surface area contributed by atoms with Crippen LogP contribution in [0.3, 0.4) is 0 Å². The molecule has 0 radical (unpaired) electrons. The van der Waals surface area contributed by atoms with Gasteiger partial charge in [-0.1, -0.05) is 0 Å². The van der Waals surface area contributed by atoms with Gasteiger partial charge in [-0.3, -0.25) is 9.59 Å². The number of nitrogens with one attached hydrogen (secondary N) is 1. The average molecular weight is 184 g/mol. The Morgan fingerprint density at radius 3 is 3.00 bits per heavy atom. The number of rotatable bonds is 3. The van der Waals surface area contributed by atoms with E-state index < -0.39 is 0 Å². The van der Waals surface area contributed by atoms with Gasteiger partial charge < -0.3 is 10.2 Å². The highest BCUT2D eigenvalue weighted by Crippen LogP contribution is 2.11. The number of amides is 2. The van der Waals surface area contributed by atoms with Crippen LogP contribution in [0.25, 0.3) is 0 Å². The molecule has 0 aromatic heterocycles. The first-order valence-electron chi connectivity index (χ1n) is 4.78. The second-order valence-corrected chi connectivity index (χ2v) is 3.25. The van der Waals surface area contributed by atoms with E-state index in [1.54, 1.807) is 4.90 Å². The zero-order valence-electron chi connectivity index (χ0n) is 7.95. The van der Waals surface area contributed by atoms with Gasteiger partial charge >= 0.3 is 0 Å². The summed E-state index contributed by atoms with van der Waals surface area (Å²) in [5.41, 5.74) is 0. The van der Waals surface area contributed by atoms with Crippen LogP contribution in [0.4, 0.5) is 0 Å². The van der Waals surface area contributed by atoms with Crippen LogP contribution in [0.15, 0.2) is 0 Å². The van der Waals surface area contributed by atoms with Crippen molar-refractivity contribution in [2.75, 3.05) is 13.1 Å². The molecule has 1 atom stereocenters. The lowest BCUT2D eigenvalue weighted by atomic mass is 10.1. The summed E-state index contributed by atoms with van der Waals surface area (Å²) in [7, 11) is 0. The summed E-state index contributed by atoms with van der Waals surface area (Å²) in [6, 6.07) is -0.292. The quantitative estimate of drug-likeness (QED) is 0.634. The van der Waals surface area contributed by atoms with Crippen molar-refractivity contribution < 1.29 is 9.59 Å². The van der Waals surface area contributed by atoms with Crippen molar-refractivity contribution in [3.63, 3.8) is 0 Å². The first kappa shape index (κ1) is 10.0. The molecule has 0 aromatic carbocycles. The van der Waals surface area contributed by atoms with E-state index in [-0.39, 0.29) is 11.9 Å². The van der Waals surface area contributed by atoms with Gasteiger partial charge in [0.05, 0.1) is 0 Å². The zero-order chi connectivity index (χ0) is 9.68. The zero-order valence-corrected chi connectivity index (χ0v) is 7.95. The van der Waals surface area contributed by atoms with Crippen molar-refractivity contribution >= 4 is 12.3 Å². The summed E-state index contributed by atoms with van der Waals surface area (Å²) >= 11 is 0. The summed E-state index contributed by atoms with van der Waals surface area (Å²) in [4.78, 5) is 23.7. The second kappa shape index (κ2) is 4.84. The number of hydrogen-bond donors (Lipinski definition) is 1. The van der Waals surface area contributed by atoms with E-state index in [1.807, 2.05) is 6.92 Å². The number of carbonyl (C=O) groups is 2. The van der Waals surface area contributed by atoms with Crippen LogP contribution < -0.4 is 5.32 Å².